The maximum Gasteiger partial charge on any atom is 0.0594 e. The summed E-state index contributed by atoms with van der Waals surface area (Å²) in [4.78, 5) is 2.45. The predicted molar refractivity (Wildman–Crippen MR) is 71.6 cm³/mol. The molecule has 1 saturated heterocycles. The van der Waals surface area contributed by atoms with E-state index in [1.807, 2.05) is 0 Å². The highest BCUT2D eigenvalue weighted by Gasteiger charge is 2.08. The Balaban J connectivity index is 0.00000144. The molecule has 17 heavy (non-hydrogen) atoms. The summed E-state index contributed by atoms with van der Waals surface area (Å²) in [6.45, 7) is 7.04. The number of ether oxygens (including phenoxy) is 1. The van der Waals surface area contributed by atoms with Gasteiger partial charge < -0.3 is 14.6 Å². The second-order valence-corrected chi connectivity index (χ2v) is 4.24. The van der Waals surface area contributed by atoms with E-state index >= 15 is 0 Å². The average molecular weight is 260 g/mol. The van der Waals surface area contributed by atoms with Gasteiger partial charge in [-0.3, -0.25) is 4.90 Å². The minimum Gasteiger partial charge on any atom is -0.379 e. The third-order valence-corrected chi connectivity index (χ3v) is 3.07. The molecule has 0 aromatic carbocycles. The molecule has 98 valence electrons. The molecule has 1 aliphatic heterocycles. The molecule has 1 aliphatic rings. The zero-order chi connectivity index (χ0) is 11.2. The van der Waals surface area contributed by atoms with Gasteiger partial charge in [-0.1, -0.05) is 0 Å². The summed E-state index contributed by atoms with van der Waals surface area (Å²) in [6.07, 6.45) is 2.08. The highest BCUT2D eigenvalue weighted by molar-refractivity contribution is 5.85. The number of rotatable bonds is 5. The van der Waals surface area contributed by atoms with Crippen LogP contribution in [0.25, 0.3) is 0 Å². The van der Waals surface area contributed by atoms with Gasteiger partial charge in [-0.05, 0) is 12.1 Å². The first-order valence-electron chi connectivity index (χ1n) is 5.97. The van der Waals surface area contributed by atoms with Gasteiger partial charge >= 0.3 is 0 Å². The zero-order valence-corrected chi connectivity index (χ0v) is 11.2. The largest absolute Gasteiger partial charge is 0.379 e. The molecule has 1 N–H and O–H groups in total. The Morgan fingerprint density at radius 2 is 2.12 bits per heavy atom. The lowest BCUT2D eigenvalue weighted by molar-refractivity contribution is 0.0384. The molecule has 0 aliphatic carbocycles. The van der Waals surface area contributed by atoms with Crippen LogP contribution in [0, 0.1) is 0 Å². The van der Waals surface area contributed by atoms with Gasteiger partial charge in [0.2, 0.25) is 0 Å². The van der Waals surface area contributed by atoms with Crippen molar-refractivity contribution in [2.45, 2.75) is 6.54 Å². The summed E-state index contributed by atoms with van der Waals surface area (Å²) in [5.74, 6) is 0. The first kappa shape index (κ1) is 14.5. The molecule has 0 saturated carbocycles. The number of aryl methyl sites for hydroxylation is 1. The van der Waals surface area contributed by atoms with Crippen LogP contribution in [0.3, 0.4) is 0 Å². The molecule has 1 fully saturated rings. The van der Waals surface area contributed by atoms with Crippen LogP contribution in [-0.2, 0) is 18.3 Å². The summed E-state index contributed by atoms with van der Waals surface area (Å²) in [5, 5.41) is 3.47. The summed E-state index contributed by atoms with van der Waals surface area (Å²) < 4.78 is 7.47. The third kappa shape index (κ3) is 4.68. The molecular formula is C12H22ClN3O. The number of hydrogen-bond donors (Lipinski definition) is 1. The van der Waals surface area contributed by atoms with Crippen molar-refractivity contribution in [2.75, 3.05) is 39.4 Å². The van der Waals surface area contributed by atoms with Crippen LogP contribution in [0.2, 0.25) is 0 Å². The van der Waals surface area contributed by atoms with Crippen LogP contribution < -0.4 is 5.32 Å². The number of morpholine rings is 1. The summed E-state index contributed by atoms with van der Waals surface area (Å²) in [7, 11) is 2.08. The monoisotopic (exact) mass is 259 g/mol. The molecule has 0 unspecified atom stereocenters. The summed E-state index contributed by atoms with van der Waals surface area (Å²) >= 11 is 0. The Bertz CT molecular complexity index is 310. The molecule has 0 spiro atoms. The van der Waals surface area contributed by atoms with Crippen molar-refractivity contribution in [3.8, 4) is 0 Å². The maximum absolute atomic E-state index is 5.32. The van der Waals surface area contributed by atoms with Crippen LogP contribution in [0.1, 0.15) is 5.69 Å². The lowest BCUT2D eigenvalue weighted by Gasteiger charge is -2.26. The Kier molecular flexibility index (Phi) is 6.58. The lowest BCUT2D eigenvalue weighted by atomic mass is 10.4. The summed E-state index contributed by atoms with van der Waals surface area (Å²) in [5.41, 5.74) is 1.34. The Morgan fingerprint density at radius 1 is 1.35 bits per heavy atom. The first-order chi connectivity index (χ1) is 7.86. The van der Waals surface area contributed by atoms with Gasteiger partial charge in [-0.2, -0.15) is 0 Å². The molecule has 1 aromatic heterocycles. The molecule has 2 heterocycles. The second kappa shape index (κ2) is 7.71. The van der Waals surface area contributed by atoms with Gasteiger partial charge in [0.15, 0.2) is 0 Å². The maximum atomic E-state index is 5.32. The van der Waals surface area contributed by atoms with Crippen molar-refractivity contribution in [1.29, 1.82) is 0 Å². The normalized spacial score (nSPS) is 16.8. The molecule has 0 radical (unpaired) electrons. The number of nitrogens with one attached hydrogen (secondary N) is 1. The molecule has 4 nitrogen and oxygen atoms in total. The molecule has 5 heteroatoms. The van der Waals surface area contributed by atoms with Gasteiger partial charge in [0, 0.05) is 51.7 Å². The molecule has 2 rings (SSSR count). The van der Waals surface area contributed by atoms with E-state index in [4.69, 9.17) is 4.74 Å². The van der Waals surface area contributed by atoms with Crippen LogP contribution in [-0.4, -0.2) is 48.9 Å². The molecule has 0 atom stereocenters. The summed E-state index contributed by atoms with van der Waals surface area (Å²) in [6, 6.07) is 4.24. The van der Waals surface area contributed by atoms with E-state index in [0.717, 1.165) is 45.9 Å². The van der Waals surface area contributed by atoms with Crippen molar-refractivity contribution in [2.24, 2.45) is 7.05 Å². The standard InChI is InChI=1S/C12H21N3O.ClH/c1-14-5-2-3-12(14)11-13-4-6-15-7-9-16-10-8-15;/h2-3,5,13H,4,6-11H2,1H3;1H. The lowest BCUT2D eigenvalue weighted by Crippen LogP contribution is -2.40. The van der Waals surface area contributed by atoms with Gasteiger partial charge in [0.05, 0.1) is 13.2 Å². The minimum absolute atomic E-state index is 0. The third-order valence-electron chi connectivity index (χ3n) is 3.07. The van der Waals surface area contributed by atoms with E-state index < -0.39 is 0 Å². The van der Waals surface area contributed by atoms with Crippen LogP contribution in [0.15, 0.2) is 18.3 Å². The molecule has 0 amide bonds. The number of aromatic nitrogens is 1. The number of halogens is 1. The van der Waals surface area contributed by atoms with E-state index in [1.54, 1.807) is 0 Å². The fourth-order valence-corrected chi connectivity index (χ4v) is 1.96. The van der Waals surface area contributed by atoms with E-state index in [-0.39, 0.29) is 12.4 Å². The van der Waals surface area contributed by atoms with Crippen molar-refractivity contribution in [3.05, 3.63) is 24.0 Å². The Morgan fingerprint density at radius 3 is 2.76 bits per heavy atom. The van der Waals surface area contributed by atoms with Crippen molar-refractivity contribution in [1.82, 2.24) is 14.8 Å². The van der Waals surface area contributed by atoms with E-state index in [9.17, 15) is 0 Å². The van der Waals surface area contributed by atoms with Crippen LogP contribution in [0.4, 0.5) is 0 Å². The van der Waals surface area contributed by atoms with Gasteiger partial charge in [0.25, 0.3) is 0 Å². The smallest absolute Gasteiger partial charge is 0.0594 e. The quantitative estimate of drug-likeness (QED) is 0.796. The van der Waals surface area contributed by atoms with Crippen molar-refractivity contribution in [3.63, 3.8) is 0 Å². The SMILES string of the molecule is Cl.Cn1cccc1CNCCN1CCOCC1. The number of nitrogens with zero attached hydrogens (tertiary/aromatic N) is 2. The molecule has 1 aromatic rings. The topological polar surface area (TPSA) is 29.4 Å². The van der Waals surface area contributed by atoms with Crippen LogP contribution >= 0.6 is 12.4 Å². The van der Waals surface area contributed by atoms with E-state index in [2.05, 4.69) is 40.2 Å². The van der Waals surface area contributed by atoms with E-state index in [1.165, 1.54) is 5.69 Å². The second-order valence-electron chi connectivity index (χ2n) is 4.24. The van der Waals surface area contributed by atoms with Crippen LogP contribution in [0.5, 0.6) is 0 Å². The van der Waals surface area contributed by atoms with Gasteiger partial charge in [0.1, 0.15) is 0 Å². The predicted octanol–water partition coefficient (Wildman–Crippen LogP) is 0.869. The molecular weight excluding hydrogens is 238 g/mol. The number of hydrogen-bond acceptors (Lipinski definition) is 3. The van der Waals surface area contributed by atoms with Crippen molar-refractivity contribution < 1.29 is 4.74 Å². The first-order valence-corrected chi connectivity index (χ1v) is 5.97. The van der Waals surface area contributed by atoms with Gasteiger partial charge in [-0.25, -0.2) is 0 Å². The highest BCUT2D eigenvalue weighted by Crippen LogP contribution is 1.98. The Labute approximate surface area is 109 Å². The average Bonchev–Trinajstić information content (AvgIpc) is 2.72. The van der Waals surface area contributed by atoms with Crippen molar-refractivity contribution >= 4 is 12.4 Å². The van der Waals surface area contributed by atoms with E-state index in [0.29, 0.717) is 0 Å². The van der Waals surface area contributed by atoms with Gasteiger partial charge in [-0.15, -0.1) is 12.4 Å². The fourth-order valence-electron chi connectivity index (χ4n) is 1.96. The molecule has 0 bridgehead atoms. The minimum atomic E-state index is 0. The highest BCUT2D eigenvalue weighted by atomic mass is 35.5. The fraction of sp³-hybridized carbons (Fsp3) is 0.667. The Hall–Kier alpha value is -0.550. The zero-order valence-electron chi connectivity index (χ0n) is 10.4.